The molecule has 0 spiro atoms. The molecule has 0 unspecified atom stereocenters. The van der Waals surface area contributed by atoms with Gasteiger partial charge in [-0.2, -0.15) is 0 Å². The van der Waals surface area contributed by atoms with Crippen molar-refractivity contribution in [3.8, 4) is 0 Å². The zero-order valence-corrected chi connectivity index (χ0v) is 7.86. The molecule has 0 radical (unpaired) electrons. The third-order valence-corrected chi connectivity index (χ3v) is 2.68. The van der Waals surface area contributed by atoms with E-state index in [0.717, 1.165) is 6.26 Å². The molecule has 0 saturated heterocycles. The summed E-state index contributed by atoms with van der Waals surface area (Å²) in [5, 5.41) is 0. The van der Waals surface area contributed by atoms with Crippen LogP contribution < -0.4 is 11.2 Å². The van der Waals surface area contributed by atoms with Gasteiger partial charge in [-0.3, -0.25) is 9.78 Å². The lowest BCUT2D eigenvalue weighted by atomic mass is 10.4. The first-order valence-electron chi connectivity index (χ1n) is 3.35. The Morgan fingerprint density at radius 2 is 1.69 bits per heavy atom. The van der Waals surface area contributed by atoms with Gasteiger partial charge in [-0.25, -0.2) is 13.2 Å². The topological polar surface area (TPSA) is 99.9 Å². The van der Waals surface area contributed by atoms with Crippen LogP contribution in [0.1, 0.15) is 5.69 Å². The molecule has 0 aliphatic rings. The van der Waals surface area contributed by atoms with Crippen molar-refractivity contribution in [3.05, 3.63) is 26.5 Å². The fourth-order valence-corrected chi connectivity index (χ4v) is 2.03. The van der Waals surface area contributed by atoms with Gasteiger partial charge >= 0.3 is 5.69 Å². The number of hydrogen-bond acceptors (Lipinski definition) is 4. The number of aromatic nitrogens is 2. The van der Waals surface area contributed by atoms with Gasteiger partial charge in [0.15, 0.2) is 14.7 Å². The summed E-state index contributed by atoms with van der Waals surface area (Å²) >= 11 is 0. The number of H-pyrrole nitrogens is 2. The fraction of sp³-hybridized carbons (Fsp3) is 0.333. The lowest BCUT2D eigenvalue weighted by Crippen LogP contribution is -2.28. The molecular formula is C6H8N2O4S. The van der Waals surface area contributed by atoms with Crippen molar-refractivity contribution < 1.29 is 8.42 Å². The SMILES string of the molecule is Cc1[nH]c(=O)[nH]c(=O)c1S(C)(=O)=O. The zero-order valence-electron chi connectivity index (χ0n) is 7.04. The second-order valence-corrected chi connectivity index (χ2v) is 4.59. The van der Waals surface area contributed by atoms with Crippen LogP contribution in [0.25, 0.3) is 0 Å². The predicted octanol–water partition coefficient (Wildman–Crippen LogP) is -1.22. The third-order valence-electron chi connectivity index (χ3n) is 1.45. The summed E-state index contributed by atoms with van der Waals surface area (Å²) in [7, 11) is -3.59. The van der Waals surface area contributed by atoms with Crippen molar-refractivity contribution >= 4 is 9.84 Å². The van der Waals surface area contributed by atoms with E-state index in [1.165, 1.54) is 6.92 Å². The van der Waals surface area contributed by atoms with Crippen LogP contribution in [0.3, 0.4) is 0 Å². The van der Waals surface area contributed by atoms with E-state index >= 15 is 0 Å². The summed E-state index contributed by atoms with van der Waals surface area (Å²) in [5.74, 6) is 0. The molecule has 1 rings (SSSR count). The second-order valence-electron chi connectivity index (χ2n) is 2.63. The first kappa shape index (κ1) is 9.72. The Bertz CT molecular complexity index is 536. The van der Waals surface area contributed by atoms with Gasteiger partial charge in [-0.1, -0.05) is 0 Å². The molecule has 0 aliphatic heterocycles. The number of sulfone groups is 1. The molecule has 13 heavy (non-hydrogen) atoms. The predicted molar refractivity (Wildman–Crippen MR) is 45.5 cm³/mol. The first-order valence-corrected chi connectivity index (χ1v) is 5.25. The maximum Gasteiger partial charge on any atom is 0.325 e. The van der Waals surface area contributed by atoms with E-state index in [-0.39, 0.29) is 5.69 Å². The van der Waals surface area contributed by atoms with Crippen LogP contribution >= 0.6 is 0 Å². The summed E-state index contributed by atoms with van der Waals surface area (Å²) in [6.45, 7) is 1.35. The van der Waals surface area contributed by atoms with Crippen molar-refractivity contribution in [3.63, 3.8) is 0 Å². The lowest BCUT2D eigenvalue weighted by Gasteiger charge is -1.99. The number of aromatic amines is 2. The standard InChI is InChI=1S/C6H8N2O4S/c1-3-4(13(2,11)12)5(9)8-6(10)7-3/h1-2H3,(H2,7,8,9,10). The van der Waals surface area contributed by atoms with Gasteiger partial charge in [0.25, 0.3) is 5.56 Å². The average molecular weight is 204 g/mol. The number of aryl methyl sites for hydroxylation is 1. The molecule has 0 amide bonds. The highest BCUT2D eigenvalue weighted by molar-refractivity contribution is 7.90. The van der Waals surface area contributed by atoms with E-state index in [2.05, 4.69) is 4.98 Å². The van der Waals surface area contributed by atoms with Crippen molar-refractivity contribution in [1.82, 2.24) is 9.97 Å². The van der Waals surface area contributed by atoms with E-state index in [1.54, 1.807) is 0 Å². The van der Waals surface area contributed by atoms with Crippen LogP contribution in [0.4, 0.5) is 0 Å². The Labute approximate surface area is 73.5 Å². The number of nitrogens with one attached hydrogen (secondary N) is 2. The van der Waals surface area contributed by atoms with E-state index in [9.17, 15) is 18.0 Å². The molecule has 7 heteroatoms. The van der Waals surface area contributed by atoms with Crippen LogP contribution in [-0.4, -0.2) is 24.6 Å². The highest BCUT2D eigenvalue weighted by Gasteiger charge is 2.16. The first-order chi connectivity index (χ1) is 5.82. The quantitative estimate of drug-likeness (QED) is 0.598. The highest BCUT2D eigenvalue weighted by atomic mass is 32.2. The number of hydrogen-bond donors (Lipinski definition) is 2. The van der Waals surface area contributed by atoms with Crippen molar-refractivity contribution in [2.45, 2.75) is 11.8 Å². The van der Waals surface area contributed by atoms with E-state index in [1.807, 2.05) is 4.98 Å². The van der Waals surface area contributed by atoms with E-state index < -0.39 is 26.0 Å². The third kappa shape index (κ3) is 1.86. The van der Waals surface area contributed by atoms with Crippen molar-refractivity contribution in [1.29, 1.82) is 0 Å². The molecule has 72 valence electrons. The summed E-state index contributed by atoms with van der Waals surface area (Å²) in [6.07, 6.45) is 0.906. The van der Waals surface area contributed by atoms with Crippen molar-refractivity contribution in [2.24, 2.45) is 0 Å². The minimum Gasteiger partial charge on any atom is -0.310 e. The smallest absolute Gasteiger partial charge is 0.310 e. The fourth-order valence-electron chi connectivity index (χ4n) is 1.03. The van der Waals surface area contributed by atoms with Gasteiger partial charge in [0.05, 0.1) is 0 Å². The van der Waals surface area contributed by atoms with Crippen LogP contribution in [0, 0.1) is 6.92 Å². The molecule has 0 aliphatic carbocycles. The van der Waals surface area contributed by atoms with Crippen LogP contribution in [0.2, 0.25) is 0 Å². The molecule has 0 fully saturated rings. The molecule has 0 aromatic carbocycles. The summed E-state index contributed by atoms with van der Waals surface area (Å²) in [5.41, 5.74) is -1.55. The van der Waals surface area contributed by atoms with Gasteiger partial charge in [-0.05, 0) is 6.92 Å². The summed E-state index contributed by atoms with van der Waals surface area (Å²) < 4.78 is 22.1. The van der Waals surface area contributed by atoms with Gasteiger partial charge in [0, 0.05) is 11.9 Å². The Morgan fingerprint density at radius 1 is 1.15 bits per heavy atom. The van der Waals surface area contributed by atoms with Gasteiger partial charge in [-0.15, -0.1) is 0 Å². The molecule has 6 nitrogen and oxygen atoms in total. The largest absolute Gasteiger partial charge is 0.325 e. The van der Waals surface area contributed by atoms with Gasteiger partial charge in [0.2, 0.25) is 0 Å². The molecular weight excluding hydrogens is 196 g/mol. The van der Waals surface area contributed by atoms with Crippen LogP contribution in [-0.2, 0) is 9.84 Å². The van der Waals surface area contributed by atoms with E-state index in [4.69, 9.17) is 0 Å². The summed E-state index contributed by atoms with van der Waals surface area (Å²) in [6, 6.07) is 0. The highest BCUT2D eigenvalue weighted by Crippen LogP contribution is 2.03. The normalized spacial score (nSPS) is 11.5. The van der Waals surface area contributed by atoms with E-state index in [0.29, 0.717) is 0 Å². The lowest BCUT2D eigenvalue weighted by molar-refractivity contribution is 0.598. The van der Waals surface area contributed by atoms with Crippen molar-refractivity contribution in [2.75, 3.05) is 6.26 Å². The Balaban J connectivity index is 3.77. The molecule has 1 aromatic rings. The molecule has 0 atom stereocenters. The molecule has 1 heterocycles. The average Bonchev–Trinajstić information content (AvgIpc) is 1.78. The minimum atomic E-state index is -3.59. The van der Waals surface area contributed by atoms with Crippen LogP contribution in [0.15, 0.2) is 14.5 Å². The van der Waals surface area contributed by atoms with Gasteiger partial charge < -0.3 is 4.98 Å². The van der Waals surface area contributed by atoms with Gasteiger partial charge in [0.1, 0.15) is 0 Å². The molecule has 0 saturated carbocycles. The zero-order chi connectivity index (χ0) is 10.2. The maximum absolute atomic E-state index is 11.1. The second kappa shape index (κ2) is 2.84. The summed E-state index contributed by atoms with van der Waals surface area (Å²) in [4.78, 5) is 25.4. The Kier molecular flexibility index (Phi) is 2.12. The van der Waals surface area contributed by atoms with Crippen LogP contribution in [0.5, 0.6) is 0 Å². The Morgan fingerprint density at radius 3 is 2.08 bits per heavy atom. The minimum absolute atomic E-state index is 0.0521. The molecule has 2 N–H and O–H groups in total. The number of rotatable bonds is 1. The maximum atomic E-state index is 11.1. The molecule has 1 aromatic heterocycles. The Hall–Kier alpha value is -1.37. The monoisotopic (exact) mass is 204 g/mol. The molecule has 0 bridgehead atoms.